The summed E-state index contributed by atoms with van der Waals surface area (Å²) in [5, 5.41) is 27.3. The van der Waals surface area contributed by atoms with Crippen LogP contribution in [0.25, 0.3) is 0 Å². The second kappa shape index (κ2) is 7.48. The number of nitrogens with zero attached hydrogens (tertiary/aromatic N) is 4. The molecule has 9 nitrogen and oxygen atoms in total. The van der Waals surface area contributed by atoms with Crippen molar-refractivity contribution in [2.75, 3.05) is 16.8 Å². The van der Waals surface area contributed by atoms with Crippen LogP contribution in [-0.4, -0.2) is 42.2 Å². The van der Waals surface area contributed by atoms with Crippen LogP contribution in [0.5, 0.6) is 0 Å². The Balaban J connectivity index is 1.86. The summed E-state index contributed by atoms with van der Waals surface area (Å²) in [4.78, 5) is 10.6. The van der Waals surface area contributed by atoms with Crippen LogP contribution in [0.15, 0.2) is 35.4 Å². The van der Waals surface area contributed by atoms with Crippen molar-refractivity contribution in [3.8, 4) is 6.07 Å². The SMILES string of the molecule is C[C@@H]1C[C@@H](O)CCN1c1nc(Nc2ccc(S(N)(=O)=O)cc2)ncc1C#N. The number of primary sulfonamides is 1. The van der Waals surface area contributed by atoms with Gasteiger partial charge in [0.05, 0.1) is 17.2 Å². The molecule has 1 aromatic carbocycles. The summed E-state index contributed by atoms with van der Waals surface area (Å²) in [6.07, 6.45) is 2.31. The molecule has 2 heterocycles. The predicted octanol–water partition coefficient (Wildman–Crippen LogP) is 1.09. The number of nitrogens with one attached hydrogen (secondary N) is 1. The molecular formula is C17H20N6O3S. The van der Waals surface area contributed by atoms with Gasteiger partial charge in [0.2, 0.25) is 16.0 Å². The molecule has 0 spiro atoms. The average Bonchev–Trinajstić information content (AvgIpc) is 2.61. The lowest BCUT2D eigenvalue weighted by Crippen LogP contribution is -2.43. The minimum absolute atomic E-state index is 0.00943. The van der Waals surface area contributed by atoms with Crippen LogP contribution in [0, 0.1) is 11.3 Å². The molecule has 10 heteroatoms. The maximum atomic E-state index is 11.3. The van der Waals surface area contributed by atoms with E-state index in [9.17, 15) is 18.8 Å². The maximum absolute atomic E-state index is 11.3. The molecule has 1 saturated heterocycles. The number of rotatable bonds is 4. The maximum Gasteiger partial charge on any atom is 0.238 e. The fraction of sp³-hybridized carbons (Fsp3) is 0.353. The van der Waals surface area contributed by atoms with Gasteiger partial charge < -0.3 is 15.3 Å². The summed E-state index contributed by atoms with van der Waals surface area (Å²) in [6, 6.07) is 8.03. The van der Waals surface area contributed by atoms with E-state index < -0.39 is 10.0 Å². The third-order valence-electron chi connectivity index (χ3n) is 4.45. The molecule has 0 unspecified atom stereocenters. The Kier molecular flexibility index (Phi) is 5.27. The quantitative estimate of drug-likeness (QED) is 0.705. The van der Waals surface area contributed by atoms with Gasteiger partial charge in [0, 0.05) is 18.3 Å². The minimum Gasteiger partial charge on any atom is -0.393 e. The molecule has 0 aliphatic carbocycles. The van der Waals surface area contributed by atoms with Crippen molar-refractivity contribution in [2.45, 2.75) is 36.8 Å². The first-order chi connectivity index (χ1) is 12.8. The number of anilines is 3. The highest BCUT2D eigenvalue weighted by atomic mass is 32.2. The van der Waals surface area contributed by atoms with Crippen LogP contribution in [0.4, 0.5) is 17.5 Å². The van der Waals surface area contributed by atoms with E-state index in [1.54, 1.807) is 12.1 Å². The number of nitrogens with two attached hydrogens (primary N) is 1. The second-order valence-electron chi connectivity index (χ2n) is 6.46. The molecule has 0 saturated carbocycles. The first-order valence-electron chi connectivity index (χ1n) is 8.39. The molecule has 1 aliphatic rings. The topological polar surface area (TPSA) is 145 Å². The molecule has 4 N–H and O–H groups in total. The van der Waals surface area contributed by atoms with Crippen molar-refractivity contribution in [3.63, 3.8) is 0 Å². The van der Waals surface area contributed by atoms with Gasteiger partial charge in [-0.2, -0.15) is 10.2 Å². The van der Waals surface area contributed by atoms with Gasteiger partial charge in [-0.15, -0.1) is 0 Å². The van der Waals surface area contributed by atoms with Gasteiger partial charge in [-0.25, -0.2) is 18.5 Å². The highest BCUT2D eigenvalue weighted by molar-refractivity contribution is 7.89. The summed E-state index contributed by atoms with van der Waals surface area (Å²) in [5.74, 6) is 0.793. The summed E-state index contributed by atoms with van der Waals surface area (Å²) < 4.78 is 22.7. The number of benzene rings is 1. The van der Waals surface area contributed by atoms with Crippen molar-refractivity contribution in [2.24, 2.45) is 5.14 Å². The Hall–Kier alpha value is -2.74. The van der Waals surface area contributed by atoms with E-state index in [0.29, 0.717) is 36.5 Å². The summed E-state index contributed by atoms with van der Waals surface area (Å²) in [7, 11) is -3.76. The molecular weight excluding hydrogens is 368 g/mol. The first kappa shape index (κ1) is 19.0. The number of aliphatic hydroxyl groups excluding tert-OH is 1. The van der Waals surface area contributed by atoms with Gasteiger partial charge in [-0.05, 0) is 44.0 Å². The van der Waals surface area contributed by atoms with E-state index in [4.69, 9.17) is 5.14 Å². The highest BCUT2D eigenvalue weighted by Gasteiger charge is 2.27. The highest BCUT2D eigenvalue weighted by Crippen LogP contribution is 2.27. The smallest absolute Gasteiger partial charge is 0.238 e. The number of hydrogen-bond acceptors (Lipinski definition) is 8. The third kappa shape index (κ3) is 4.33. The first-order valence-corrected chi connectivity index (χ1v) is 9.94. The molecule has 27 heavy (non-hydrogen) atoms. The van der Waals surface area contributed by atoms with E-state index in [-0.39, 0.29) is 23.0 Å². The van der Waals surface area contributed by atoms with E-state index >= 15 is 0 Å². The lowest BCUT2D eigenvalue weighted by Gasteiger charge is -2.37. The number of aromatic nitrogens is 2. The second-order valence-corrected chi connectivity index (χ2v) is 8.02. The van der Waals surface area contributed by atoms with Gasteiger partial charge in [0.1, 0.15) is 11.6 Å². The molecule has 1 aliphatic heterocycles. The summed E-state index contributed by atoms with van der Waals surface area (Å²) in [5.41, 5.74) is 0.938. The van der Waals surface area contributed by atoms with Gasteiger partial charge in [0.15, 0.2) is 5.82 Å². The Morgan fingerprint density at radius 3 is 2.67 bits per heavy atom. The monoisotopic (exact) mass is 388 g/mol. The number of hydrogen-bond donors (Lipinski definition) is 3. The largest absolute Gasteiger partial charge is 0.393 e. The zero-order valence-electron chi connectivity index (χ0n) is 14.7. The molecule has 0 amide bonds. The zero-order valence-corrected chi connectivity index (χ0v) is 15.5. The van der Waals surface area contributed by atoms with Crippen LogP contribution in [0.3, 0.4) is 0 Å². The van der Waals surface area contributed by atoms with Gasteiger partial charge in [-0.3, -0.25) is 0 Å². The number of aliphatic hydroxyl groups is 1. The van der Waals surface area contributed by atoms with E-state index in [1.165, 1.54) is 18.3 Å². The summed E-state index contributed by atoms with van der Waals surface area (Å²) >= 11 is 0. The fourth-order valence-electron chi connectivity index (χ4n) is 3.05. The Bertz CT molecular complexity index is 971. The number of sulfonamides is 1. The Labute approximate surface area is 157 Å². The Morgan fingerprint density at radius 2 is 2.07 bits per heavy atom. The average molecular weight is 388 g/mol. The van der Waals surface area contributed by atoms with Gasteiger partial charge in [0.25, 0.3) is 0 Å². The van der Waals surface area contributed by atoms with E-state index in [0.717, 1.165) is 0 Å². The van der Waals surface area contributed by atoms with Crippen LogP contribution >= 0.6 is 0 Å². The van der Waals surface area contributed by atoms with Gasteiger partial charge in [-0.1, -0.05) is 0 Å². The summed E-state index contributed by atoms with van der Waals surface area (Å²) in [6.45, 7) is 2.57. The van der Waals surface area contributed by atoms with Crippen molar-refractivity contribution in [1.29, 1.82) is 5.26 Å². The van der Waals surface area contributed by atoms with Crippen LogP contribution in [0.1, 0.15) is 25.3 Å². The van der Waals surface area contributed by atoms with Crippen molar-refractivity contribution in [1.82, 2.24) is 9.97 Å². The standard InChI is InChI=1S/C17H20N6O3S/c1-11-8-14(24)6-7-23(11)16-12(9-18)10-20-17(22-16)21-13-2-4-15(5-3-13)27(19,25)26/h2-5,10-11,14,24H,6-8H2,1H3,(H2,19,25,26)(H,20,21,22)/t11-,14+/m1/s1. The fourth-order valence-corrected chi connectivity index (χ4v) is 3.57. The zero-order chi connectivity index (χ0) is 19.6. The minimum atomic E-state index is -3.76. The van der Waals surface area contributed by atoms with Gasteiger partial charge >= 0.3 is 0 Å². The van der Waals surface area contributed by atoms with Crippen LogP contribution < -0.4 is 15.4 Å². The molecule has 2 atom stereocenters. The lowest BCUT2D eigenvalue weighted by atomic mass is 10.0. The number of piperidine rings is 1. The van der Waals surface area contributed by atoms with Crippen LogP contribution in [-0.2, 0) is 10.0 Å². The Morgan fingerprint density at radius 1 is 1.37 bits per heavy atom. The van der Waals surface area contributed by atoms with E-state index in [1.807, 2.05) is 11.8 Å². The van der Waals surface area contributed by atoms with Crippen LogP contribution in [0.2, 0.25) is 0 Å². The van der Waals surface area contributed by atoms with Crippen molar-refractivity contribution >= 4 is 27.5 Å². The predicted molar refractivity (Wildman–Crippen MR) is 99.9 cm³/mol. The van der Waals surface area contributed by atoms with E-state index in [2.05, 4.69) is 21.4 Å². The third-order valence-corrected chi connectivity index (χ3v) is 5.38. The van der Waals surface area contributed by atoms with Crippen molar-refractivity contribution < 1.29 is 13.5 Å². The lowest BCUT2D eigenvalue weighted by molar-refractivity contribution is 0.131. The molecule has 0 radical (unpaired) electrons. The molecule has 1 aromatic heterocycles. The van der Waals surface area contributed by atoms with Crippen molar-refractivity contribution in [3.05, 3.63) is 36.0 Å². The molecule has 0 bridgehead atoms. The molecule has 1 fully saturated rings. The normalized spacial score (nSPS) is 20.1. The molecule has 142 valence electrons. The molecule has 2 aromatic rings. The number of nitriles is 1. The molecule has 3 rings (SSSR count).